The Morgan fingerprint density at radius 2 is 1.41 bits per heavy atom. The Bertz CT molecular complexity index is 1590. The molecule has 4 aromatic rings. The summed E-state index contributed by atoms with van der Waals surface area (Å²) < 4.78 is 0.929. The molecule has 0 fully saturated rings. The van der Waals surface area contributed by atoms with Gasteiger partial charge in [0.2, 0.25) is 0 Å². The molecule has 39 heavy (non-hydrogen) atoms. The quantitative estimate of drug-likeness (QED) is 0.238. The minimum atomic E-state index is -1.27. The van der Waals surface area contributed by atoms with Crippen LogP contribution in [0.3, 0.4) is 0 Å². The van der Waals surface area contributed by atoms with Crippen LogP contribution in [0.5, 0.6) is 0 Å². The van der Waals surface area contributed by atoms with Crippen LogP contribution >= 0.6 is 15.9 Å². The zero-order valence-electron chi connectivity index (χ0n) is 22.0. The highest BCUT2D eigenvalue weighted by Gasteiger charge is 2.67. The molecular formula is C33H28BrN3O2. The van der Waals surface area contributed by atoms with E-state index in [4.69, 9.17) is 5.10 Å². The van der Waals surface area contributed by atoms with Gasteiger partial charge in [0.25, 0.3) is 11.8 Å². The van der Waals surface area contributed by atoms with Crippen LogP contribution in [0.2, 0.25) is 0 Å². The Morgan fingerprint density at radius 3 is 2.05 bits per heavy atom. The second-order valence-electron chi connectivity index (χ2n) is 11.0. The third-order valence-electron chi connectivity index (χ3n) is 7.55. The number of amides is 2. The van der Waals surface area contributed by atoms with Gasteiger partial charge in [0.05, 0.1) is 17.1 Å². The molecule has 0 radical (unpaired) electrons. The summed E-state index contributed by atoms with van der Waals surface area (Å²) in [5.41, 5.74) is 2.72. The molecule has 0 unspecified atom stereocenters. The van der Waals surface area contributed by atoms with Gasteiger partial charge < -0.3 is 0 Å². The monoisotopic (exact) mass is 577 g/mol. The number of anilines is 2. The van der Waals surface area contributed by atoms with Gasteiger partial charge in [-0.05, 0) is 53.4 Å². The summed E-state index contributed by atoms with van der Waals surface area (Å²) in [4.78, 5) is 30.4. The van der Waals surface area contributed by atoms with E-state index < -0.39 is 11.0 Å². The Hall–Kier alpha value is -4.03. The van der Waals surface area contributed by atoms with Crippen LogP contribution in [-0.4, -0.2) is 17.5 Å². The zero-order chi connectivity index (χ0) is 27.4. The van der Waals surface area contributed by atoms with E-state index in [0.717, 1.165) is 27.0 Å². The molecule has 6 rings (SSSR count). The zero-order valence-corrected chi connectivity index (χ0v) is 23.6. The second kappa shape index (κ2) is 9.31. The van der Waals surface area contributed by atoms with Crippen LogP contribution in [0.25, 0.3) is 0 Å². The molecule has 0 bridgehead atoms. The smallest absolute Gasteiger partial charge is 0.267 e. The fourth-order valence-corrected chi connectivity index (χ4v) is 6.32. The standard InChI is InChI=1S/C33H28BrN3O2/c1-32(2,3)29-28(22-12-6-4-7-13-22)35-37(25-20-18-24(34)19-21-25)33(29)26-16-10-11-17-27(26)36(31(33)39)30(38)23-14-8-5-9-15-23/h4-21,29H,1-3H3/t29-,33+/m0/s1. The number of imide groups is 1. The van der Waals surface area contributed by atoms with Gasteiger partial charge in [0.1, 0.15) is 0 Å². The van der Waals surface area contributed by atoms with Crippen molar-refractivity contribution >= 4 is 44.8 Å². The van der Waals surface area contributed by atoms with Crippen molar-refractivity contribution in [3.05, 3.63) is 130 Å². The summed E-state index contributed by atoms with van der Waals surface area (Å²) in [6.07, 6.45) is 0. The van der Waals surface area contributed by atoms with Crippen molar-refractivity contribution in [3.8, 4) is 0 Å². The SMILES string of the molecule is CC(C)(C)[C@@H]1C(c2ccccc2)=NN(c2ccc(Br)cc2)[C@@]12C(=O)N(C(=O)c1ccccc1)c1ccccc12. The summed E-state index contributed by atoms with van der Waals surface area (Å²) in [5.74, 6) is -1.00. The maximum absolute atomic E-state index is 15.1. The van der Waals surface area contributed by atoms with Crippen LogP contribution in [0, 0.1) is 11.3 Å². The number of rotatable bonds is 3. The van der Waals surface area contributed by atoms with E-state index in [9.17, 15) is 4.79 Å². The van der Waals surface area contributed by atoms with Gasteiger partial charge in [0.15, 0.2) is 5.54 Å². The molecule has 2 aliphatic heterocycles. The van der Waals surface area contributed by atoms with E-state index >= 15 is 4.79 Å². The predicted octanol–water partition coefficient (Wildman–Crippen LogP) is 7.42. The fraction of sp³-hybridized carbons (Fsp3) is 0.182. The number of carbonyl (C=O) groups excluding carboxylic acids is 2. The number of halogens is 1. The van der Waals surface area contributed by atoms with Gasteiger partial charge in [-0.3, -0.25) is 9.59 Å². The number of nitrogens with zero attached hydrogens (tertiary/aromatic N) is 3. The molecule has 2 amide bonds. The molecule has 2 aliphatic rings. The lowest BCUT2D eigenvalue weighted by molar-refractivity contribution is -0.124. The normalized spacial score (nSPS) is 20.4. The summed E-state index contributed by atoms with van der Waals surface area (Å²) in [6.45, 7) is 6.42. The average Bonchev–Trinajstić information content (AvgIpc) is 3.44. The molecule has 5 nitrogen and oxygen atoms in total. The molecule has 0 aliphatic carbocycles. The fourth-order valence-electron chi connectivity index (χ4n) is 6.06. The Balaban J connectivity index is 1.65. The van der Waals surface area contributed by atoms with Crippen LogP contribution in [0.15, 0.2) is 119 Å². The molecule has 2 heterocycles. The average molecular weight is 579 g/mol. The topological polar surface area (TPSA) is 53.0 Å². The van der Waals surface area contributed by atoms with Gasteiger partial charge in [-0.15, -0.1) is 0 Å². The minimum Gasteiger partial charge on any atom is -0.271 e. The predicted molar refractivity (Wildman–Crippen MR) is 159 cm³/mol. The van der Waals surface area contributed by atoms with Crippen molar-refractivity contribution in [1.29, 1.82) is 0 Å². The maximum atomic E-state index is 15.1. The Labute approximate surface area is 236 Å². The Morgan fingerprint density at radius 1 is 0.821 bits per heavy atom. The number of hydrogen-bond donors (Lipinski definition) is 0. The number of carbonyl (C=O) groups is 2. The highest BCUT2D eigenvalue weighted by atomic mass is 79.9. The second-order valence-corrected chi connectivity index (χ2v) is 11.9. The Kier molecular flexibility index (Phi) is 6.03. The van der Waals surface area contributed by atoms with Gasteiger partial charge in [-0.25, -0.2) is 9.91 Å². The van der Waals surface area contributed by atoms with E-state index in [2.05, 4.69) is 36.7 Å². The van der Waals surface area contributed by atoms with Gasteiger partial charge in [-0.1, -0.05) is 103 Å². The number of para-hydroxylation sites is 1. The molecule has 0 N–H and O–H groups in total. The molecule has 4 aromatic carbocycles. The summed E-state index contributed by atoms with van der Waals surface area (Å²) in [6, 6.07) is 34.5. The lowest BCUT2D eigenvalue weighted by Crippen LogP contribution is -2.58. The molecule has 1 spiro atoms. The first kappa shape index (κ1) is 25.3. The summed E-state index contributed by atoms with van der Waals surface area (Å²) >= 11 is 3.54. The van der Waals surface area contributed by atoms with Crippen molar-refractivity contribution in [2.75, 3.05) is 9.91 Å². The highest BCUT2D eigenvalue weighted by molar-refractivity contribution is 9.10. The molecule has 0 saturated heterocycles. The maximum Gasteiger partial charge on any atom is 0.267 e. The number of fused-ring (bicyclic) bond motifs is 2. The molecule has 0 saturated carbocycles. The molecule has 0 aromatic heterocycles. The lowest BCUT2D eigenvalue weighted by Gasteiger charge is -2.43. The summed E-state index contributed by atoms with van der Waals surface area (Å²) in [5, 5.41) is 7.09. The first-order valence-electron chi connectivity index (χ1n) is 13.0. The van der Waals surface area contributed by atoms with Crippen LogP contribution in [0.4, 0.5) is 11.4 Å². The van der Waals surface area contributed by atoms with Gasteiger partial charge >= 0.3 is 0 Å². The number of hydrazone groups is 1. The van der Waals surface area contributed by atoms with Crippen molar-refractivity contribution in [3.63, 3.8) is 0 Å². The van der Waals surface area contributed by atoms with Crippen LogP contribution in [-0.2, 0) is 10.3 Å². The van der Waals surface area contributed by atoms with Crippen LogP contribution < -0.4 is 9.91 Å². The van der Waals surface area contributed by atoms with Crippen molar-refractivity contribution in [1.82, 2.24) is 0 Å². The first-order chi connectivity index (χ1) is 18.7. The third-order valence-corrected chi connectivity index (χ3v) is 8.08. The largest absolute Gasteiger partial charge is 0.271 e. The van der Waals surface area contributed by atoms with E-state index in [-0.39, 0.29) is 17.7 Å². The highest BCUT2D eigenvalue weighted by Crippen LogP contribution is 2.58. The molecule has 2 atom stereocenters. The lowest BCUT2D eigenvalue weighted by atomic mass is 9.63. The van der Waals surface area contributed by atoms with Crippen molar-refractivity contribution < 1.29 is 9.59 Å². The molecule has 6 heteroatoms. The third kappa shape index (κ3) is 3.85. The first-order valence-corrected chi connectivity index (χ1v) is 13.8. The van der Waals surface area contributed by atoms with Crippen molar-refractivity contribution in [2.24, 2.45) is 16.4 Å². The van der Waals surface area contributed by atoms with E-state index in [1.54, 1.807) is 12.1 Å². The molecular weight excluding hydrogens is 550 g/mol. The van der Waals surface area contributed by atoms with Crippen LogP contribution in [0.1, 0.15) is 42.3 Å². The van der Waals surface area contributed by atoms with E-state index in [1.165, 1.54) is 4.90 Å². The summed E-state index contributed by atoms with van der Waals surface area (Å²) in [7, 11) is 0. The van der Waals surface area contributed by atoms with E-state index in [0.29, 0.717) is 11.3 Å². The van der Waals surface area contributed by atoms with Gasteiger partial charge in [0, 0.05) is 21.5 Å². The number of benzene rings is 4. The van der Waals surface area contributed by atoms with E-state index in [1.807, 2.05) is 102 Å². The van der Waals surface area contributed by atoms with Gasteiger partial charge in [-0.2, -0.15) is 5.10 Å². The number of hydrogen-bond acceptors (Lipinski definition) is 4. The minimum absolute atomic E-state index is 0.296. The molecule has 194 valence electrons. The van der Waals surface area contributed by atoms with Crippen molar-refractivity contribution in [2.45, 2.75) is 26.3 Å².